The van der Waals surface area contributed by atoms with Gasteiger partial charge in [0.25, 0.3) is 0 Å². The van der Waals surface area contributed by atoms with Crippen molar-refractivity contribution < 1.29 is 14.6 Å². The van der Waals surface area contributed by atoms with Crippen molar-refractivity contribution >= 4 is 40.1 Å². The highest BCUT2D eigenvalue weighted by molar-refractivity contribution is 7.08. The molecule has 2 aromatic heterocycles. The van der Waals surface area contributed by atoms with Crippen LogP contribution in [-0.2, 0) is 16.1 Å². The molecule has 4 rings (SSSR count). The Morgan fingerprint density at radius 2 is 1.97 bits per heavy atom. The SMILES string of the molecule is C=CCn1c(-c2ccc(C)cc2)cs/c1=N/N/C(O)=c1\s/c(=C(/C#N)C(=O)OCC)n(-c2ccccc2)c1=N. The number of rotatable bonds is 8. The smallest absolute Gasteiger partial charge is 0.351 e. The van der Waals surface area contributed by atoms with Gasteiger partial charge in [-0.3, -0.25) is 9.98 Å². The van der Waals surface area contributed by atoms with E-state index in [0.717, 1.165) is 28.2 Å². The predicted molar refractivity (Wildman–Crippen MR) is 152 cm³/mol. The van der Waals surface area contributed by atoms with E-state index in [4.69, 9.17) is 10.1 Å². The molecule has 0 atom stereocenters. The highest BCUT2D eigenvalue weighted by Gasteiger charge is 2.18. The van der Waals surface area contributed by atoms with Crippen LogP contribution in [0, 0.1) is 23.7 Å². The monoisotopic (exact) mass is 558 g/mol. The first-order valence-electron chi connectivity index (χ1n) is 11.9. The van der Waals surface area contributed by atoms with Gasteiger partial charge in [-0.1, -0.05) is 54.1 Å². The maximum Gasteiger partial charge on any atom is 0.351 e. The first-order chi connectivity index (χ1) is 18.9. The molecule has 0 aliphatic rings. The number of para-hydroxylation sites is 1. The summed E-state index contributed by atoms with van der Waals surface area (Å²) in [5.41, 5.74) is 5.94. The van der Waals surface area contributed by atoms with Gasteiger partial charge in [0, 0.05) is 17.6 Å². The lowest BCUT2D eigenvalue weighted by Gasteiger charge is -2.07. The summed E-state index contributed by atoms with van der Waals surface area (Å²) in [7, 11) is 0. The number of aryl methyl sites for hydroxylation is 1. The minimum absolute atomic E-state index is 0.0925. The van der Waals surface area contributed by atoms with Crippen molar-refractivity contribution in [1.29, 1.82) is 10.7 Å². The lowest BCUT2D eigenvalue weighted by atomic mass is 10.1. The van der Waals surface area contributed by atoms with Crippen molar-refractivity contribution in [3.05, 3.63) is 97.7 Å². The third-order valence-corrected chi connectivity index (χ3v) is 7.62. The number of carbonyl (C=O) groups excluding carboxylic acids is 1. The Bertz CT molecular complexity index is 1800. The van der Waals surface area contributed by atoms with Gasteiger partial charge in [0.2, 0.25) is 10.7 Å². The van der Waals surface area contributed by atoms with E-state index in [1.54, 1.807) is 37.3 Å². The Labute approximate surface area is 232 Å². The topological polar surface area (TPSA) is 128 Å². The van der Waals surface area contributed by atoms with Gasteiger partial charge < -0.3 is 14.4 Å². The molecule has 0 radical (unpaired) electrons. The molecule has 2 heterocycles. The molecule has 0 saturated carbocycles. The summed E-state index contributed by atoms with van der Waals surface area (Å²) in [5.74, 6) is -1.19. The molecule has 4 aromatic rings. The zero-order valence-corrected chi connectivity index (χ0v) is 23.0. The standard InChI is InChI=1S/C28H26N6O3S2/c1-4-15-33-22(19-13-11-18(3)12-14-19)17-38-28(33)32-31-25(35)23-24(30)34(20-9-7-6-8-10-20)26(39-23)21(16-29)27(36)37-5-2/h4,6-14,17,30-31,35H,1,5,15H2,2-3H3/b25-23+,26-21-,30-24?,32-28+. The molecule has 0 spiro atoms. The van der Waals surface area contributed by atoms with Crippen molar-refractivity contribution in [2.75, 3.05) is 6.61 Å². The van der Waals surface area contributed by atoms with Crippen LogP contribution in [0.2, 0.25) is 0 Å². The Balaban J connectivity index is 1.88. The Hall–Kier alpha value is -4.66. The number of aliphatic hydroxyl groups is 1. The van der Waals surface area contributed by atoms with E-state index in [0.29, 0.717) is 17.0 Å². The highest BCUT2D eigenvalue weighted by atomic mass is 32.1. The minimum atomic E-state index is -0.803. The predicted octanol–water partition coefficient (Wildman–Crippen LogP) is 3.01. The van der Waals surface area contributed by atoms with E-state index in [-0.39, 0.29) is 26.9 Å². The molecule has 2 aromatic carbocycles. The van der Waals surface area contributed by atoms with Crippen LogP contribution in [0.3, 0.4) is 0 Å². The van der Waals surface area contributed by atoms with Gasteiger partial charge in [0.05, 0.1) is 12.3 Å². The van der Waals surface area contributed by atoms with Crippen molar-refractivity contribution in [1.82, 2.24) is 14.6 Å². The van der Waals surface area contributed by atoms with Gasteiger partial charge in [-0.05, 0) is 31.5 Å². The van der Waals surface area contributed by atoms with E-state index >= 15 is 0 Å². The number of nitriles is 1. The molecule has 39 heavy (non-hydrogen) atoms. The first kappa shape index (κ1) is 27.4. The highest BCUT2D eigenvalue weighted by Crippen LogP contribution is 2.20. The van der Waals surface area contributed by atoms with E-state index in [2.05, 4.69) is 17.1 Å². The van der Waals surface area contributed by atoms with E-state index < -0.39 is 11.9 Å². The van der Waals surface area contributed by atoms with Gasteiger partial charge >= 0.3 is 5.97 Å². The van der Waals surface area contributed by atoms with E-state index in [9.17, 15) is 15.2 Å². The van der Waals surface area contributed by atoms with E-state index in [1.807, 2.05) is 53.3 Å². The van der Waals surface area contributed by atoms with Crippen LogP contribution < -0.4 is 24.9 Å². The molecule has 9 nitrogen and oxygen atoms in total. The average Bonchev–Trinajstić information content (AvgIpc) is 3.49. The number of ether oxygens (including phenoxy) is 1. The fourth-order valence-corrected chi connectivity index (χ4v) is 5.68. The van der Waals surface area contributed by atoms with Crippen LogP contribution in [0.4, 0.5) is 0 Å². The number of nitrogens with one attached hydrogen (secondary N) is 2. The summed E-state index contributed by atoms with van der Waals surface area (Å²) in [6.45, 7) is 8.11. The second kappa shape index (κ2) is 12.3. The van der Waals surface area contributed by atoms with Gasteiger partial charge in [-0.15, -0.1) is 34.4 Å². The zero-order chi connectivity index (χ0) is 27.9. The largest absolute Gasteiger partial charge is 0.493 e. The summed E-state index contributed by atoms with van der Waals surface area (Å²) >= 11 is 2.30. The van der Waals surface area contributed by atoms with E-state index in [1.165, 1.54) is 15.9 Å². The molecule has 0 unspecified atom stereocenters. The molecule has 11 heteroatoms. The van der Waals surface area contributed by atoms with Crippen molar-refractivity contribution in [3.63, 3.8) is 0 Å². The second-order valence-corrected chi connectivity index (χ2v) is 10.0. The maximum atomic E-state index is 12.5. The number of hydrogen-bond donors (Lipinski definition) is 3. The van der Waals surface area contributed by atoms with Crippen LogP contribution >= 0.6 is 22.7 Å². The minimum Gasteiger partial charge on any atom is -0.493 e. The van der Waals surface area contributed by atoms with Crippen molar-refractivity contribution in [3.8, 4) is 23.0 Å². The Morgan fingerprint density at radius 3 is 2.62 bits per heavy atom. The number of allylic oxidation sites excluding steroid dienone is 1. The van der Waals surface area contributed by atoms with Gasteiger partial charge in [-0.2, -0.15) is 5.26 Å². The molecule has 198 valence electrons. The summed E-state index contributed by atoms with van der Waals surface area (Å²) < 4.78 is 8.69. The number of nitrogens with zero attached hydrogens (tertiary/aromatic N) is 4. The fraction of sp³-hybridized carbons (Fsp3) is 0.143. The Kier molecular flexibility index (Phi) is 8.60. The molecular formula is C28H26N6O3S2. The Morgan fingerprint density at radius 1 is 1.26 bits per heavy atom. The molecule has 0 saturated heterocycles. The molecular weight excluding hydrogens is 532 g/mol. The third kappa shape index (κ3) is 5.77. The van der Waals surface area contributed by atoms with Crippen LogP contribution in [-0.4, -0.2) is 26.8 Å². The van der Waals surface area contributed by atoms with Gasteiger partial charge in [0.1, 0.15) is 15.3 Å². The van der Waals surface area contributed by atoms with Crippen molar-refractivity contribution in [2.24, 2.45) is 5.10 Å². The molecule has 3 N–H and O–H groups in total. The van der Waals surface area contributed by atoms with Gasteiger partial charge in [0.15, 0.2) is 11.1 Å². The summed E-state index contributed by atoms with van der Waals surface area (Å²) in [6, 6.07) is 18.9. The second-order valence-electron chi connectivity index (χ2n) is 8.20. The van der Waals surface area contributed by atoms with Crippen LogP contribution in [0.25, 0.3) is 28.4 Å². The number of benzene rings is 2. The number of hydrogen-bond acceptors (Lipinski definition) is 9. The van der Waals surface area contributed by atoms with Crippen molar-refractivity contribution in [2.45, 2.75) is 20.4 Å². The van der Waals surface area contributed by atoms with Crippen LogP contribution in [0.5, 0.6) is 0 Å². The first-order valence-corrected chi connectivity index (χ1v) is 13.6. The zero-order valence-electron chi connectivity index (χ0n) is 21.3. The molecule has 0 aliphatic carbocycles. The quantitative estimate of drug-likeness (QED) is 0.174. The maximum absolute atomic E-state index is 12.5. The lowest BCUT2D eigenvalue weighted by molar-refractivity contribution is -0.136. The van der Waals surface area contributed by atoms with Crippen LogP contribution in [0.15, 0.2) is 77.7 Å². The molecule has 0 fully saturated rings. The lowest BCUT2D eigenvalue weighted by Crippen LogP contribution is -2.34. The number of carbonyl (C=O) groups is 1. The number of aliphatic hydroxyl groups excluding tert-OH is 1. The molecule has 0 aliphatic heterocycles. The number of thiazole rings is 2. The molecule has 0 bridgehead atoms. The third-order valence-electron chi connectivity index (χ3n) is 5.59. The molecule has 0 amide bonds. The number of aromatic nitrogens is 2. The van der Waals surface area contributed by atoms with Gasteiger partial charge in [-0.25, -0.2) is 10.2 Å². The summed E-state index contributed by atoms with van der Waals surface area (Å²) in [5, 5.41) is 35.9. The summed E-state index contributed by atoms with van der Waals surface area (Å²) in [6.07, 6.45) is 1.76. The van der Waals surface area contributed by atoms with Crippen LogP contribution in [0.1, 0.15) is 12.5 Å². The number of esters is 1. The average molecular weight is 559 g/mol. The normalized spacial score (nSPS) is 12.9. The fourth-order valence-electron chi connectivity index (χ4n) is 3.76. The summed E-state index contributed by atoms with van der Waals surface area (Å²) in [4.78, 5) is 13.1.